The average molecular weight is 345 g/mol. The molecule has 1 aromatic heterocycles. The Morgan fingerprint density at radius 3 is 2.79 bits per heavy atom. The SMILES string of the molecule is O=C(NCCc1cccnc1)C1(c2cccc(Cl)c2)CCOCC1. The summed E-state index contributed by atoms with van der Waals surface area (Å²) in [6.07, 6.45) is 5.69. The molecule has 2 heterocycles. The van der Waals surface area contributed by atoms with Gasteiger partial charge in [0, 0.05) is 37.2 Å². The third-order valence-corrected chi connectivity index (χ3v) is 4.82. The van der Waals surface area contributed by atoms with Crippen molar-refractivity contribution in [3.8, 4) is 0 Å². The molecule has 1 amide bonds. The second-order valence-corrected chi connectivity index (χ2v) is 6.51. The number of pyridine rings is 1. The van der Waals surface area contributed by atoms with Crippen LogP contribution in [0.5, 0.6) is 0 Å². The van der Waals surface area contributed by atoms with E-state index in [-0.39, 0.29) is 5.91 Å². The van der Waals surface area contributed by atoms with Gasteiger partial charge in [-0.15, -0.1) is 0 Å². The first-order valence-corrected chi connectivity index (χ1v) is 8.59. The van der Waals surface area contributed by atoms with Crippen molar-refractivity contribution in [1.82, 2.24) is 10.3 Å². The molecule has 0 saturated carbocycles. The molecule has 0 spiro atoms. The summed E-state index contributed by atoms with van der Waals surface area (Å²) in [7, 11) is 0. The number of hydrogen-bond acceptors (Lipinski definition) is 3. The summed E-state index contributed by atoms with van der Waals surface area (Å²) < 4.78 is 5.48. The van der Waals surface area contributed by atoms with E-state index < -0.39 is 5.41 Å². The van der Waals surface area contributed by atoms with Crippen LogP contribution in [0.15, 0.2) is 48.8 Å². The number of halogens is 1. The van der Waals surface area contributed by atoms with Crippen molar-refractivity contribution in [3.05, 3.63) is 64.9 Å². The quantitative estimate of drug-likeness (QED) is 0.906. The molecule has 0 aliphatic carbocycles. The van der Waals surface area contributed by atoms with Gasteiger partial charge in [0.15, 0.2) is 0 Å². The first-order chi connectivity index (χ1) is 11.7. The third-order valence-electron chi connectivity index (χ3n) is 4.58. The summed E-state index contributed by atoms with van der Waals surface area (Å²) in [5, 5.41) is 3.75. The van der Waals surface area contributed by atoms with Crippen LogP contribution in [-0.2, 0) is 21.4 Å². The standard InChI is InChI=1S/C19H21ClN2O2/c20-17-5-1-4-16(13-17)19(7-11-24-12-8-19)18(23)22-10-6-15-3-2-9-21-14-15/h1-5,9,13-14H,6-8,10-12H2,(H,22,23). The molecule has 0 radical (unpaired) electrons. The van der Waals surface area contributed by atoms with Crippen LogP contribution in [0.3, 0.4) is 0 Å². The van der Waals surface area contributed by atoms with E-state index in [4.69, 9.17) is 16.3 Å². The number of nitrogens with zero attached hydrogens (tertiary/aromatic N) is 1. The second kappa shape index (κ2) is 7.77. The molecule has 4 nitrogen and oxygen atoms in total. The molecular weight excluding hydrogens is 324 g/mol. The minimum atomic E-state index is -0.557. The van der Waals surface area contributed by atoms with Crippen LogP contribution in [0.2, 0.25) is 5.02 Å². The Hall–Kier alpha value is -1.91. The number of ether oxygens (including phenoxy) is 1. The van der Waals surface area contributed by atoms with Crippen molar-refractivity contribution in [2.45, 2.75) is 24.7 Å². The number of aromatic nitrogens is 1. The Balaban J connectivity index is 1.72. The Morgan fingerprint density at radius 1 is 1.25 bits per heavy atom. The number of amides is 1. The molecule has 1 saturated heterocycles. The third kappa shape index (κ3) is 3.77. The number of benzene rings is 1. The highest BCUT2D eigenvalue weighted by molar-refractivity contribution is 6.30. The van der Waals surface area contributed by atoms with E-state index in [1.165, 1.54) is 0 Å². The molecule has 1 aromatic carbocycles. The first-order valence-electron chi connectivity index (χ1n) is 8.22. The monoisotopic (exact) mass is 344 g/mol. The molecule has 1 fully saturated rings. The highest BCUT2D eigenvalue weighted by Crippen LogP contribution is 2.36. The summed E-state index contributed by atoms with van der Waals surface area (Å²) in [5.41, 5.74) is 1.52. The van der Waals surface area contributed by atoms with Crippen molar-refractivity contribution in [2.24, 2.45) is 0 Å². The Labute approximate surface area is 147 Å². The zero-order chi connectivity index (χ0) is 16.8. The normalized spacial score (nSPS) is 16.5. The minimum Gasteiger partial charge on any atom is -0.381 e. The molecule has 0 atom stereocenters. The van der Waals surface area contributed by atoms with Crippen molar-refractivity contribution < 1.29 is 9.53 Å². The molecule has 0 unspecified atom stereocenters. The van der Waals surface area contributed by atoms with Crippen molar-refractivity contribution in [3.63, 3.8) is 0 Å². The number of rotatable bonds is 5. The number of hydrogen-bond donors (Lipinski definition) is 1. The van der Waals surface area contributed by atoms with Crippen LogP contribution in [0.25, 0.3) is 0 Å². The maximum absolute atomic E-state index is 13.0. The molecule has 1 aliphatic rings. The van der Waals surface area contributed by atoms with Crippen LogP contribution < -0.4 is 5.32 Å². The van der Waals surface area contributed by atoms with Crippen LogP contribution >= 0.6 is 11.6 Å². The molecule has 3 rings (SSSR count). The number of carbonyl (C=O) groups is 1. The van der Waals surface area contributed by atoms with Crippen molar-refractivity contribution >= 4 is 17.5 Å². The minimum absolute atomic E-state index is 0.0527. The summed E-state index contributed by atoms with van der Waals surface area (Å²) in [4.78, 5) is 17.1. The molecule has 0 bridgehead atoms. The van der Waals surface area contributed by atoms with Gasteiger partial charge < -0.3 is 10.1 Å². The van der Waals surface area contributed by atoms with Gasteiger partial charge in [-0.1, -0.05) is 29.8 Å². The fraction of sp³-hybridized carbons (Fsp3) is 0.368. The molecule has 1 N–H and O–H groups in total. The van der Waals surface area contributed by atoms with Gasteiger partial charge in [-0.05, 0) is 48.6 Å². The van der Waals surface area contributed by atoms with Crippen LogP contribution in [0.1, 0.15) is 24.0 Å². The van der Waals surface area contributed by atoms with Gasteiger partial charge in [-0.2, -0.15) is 0 Å². The van der Waals surface area contributed by atoms with Crippen molar-refractivity contribution in [2.75, 3.05) is 19.8 Å². The fourth-order valence-electron chi connectivity index (χ4n) is 3.19. The maximum Gasteiger partial charge on any atom is 0.230 e. The van der Waals surface area contributed by atoms with E-state index in [1.807, 2.05) is 42.6 Å². The second-order valence-electron chi connectivity index (χ2n) is 6.07. The van der Waals surface area contributed by atoms with Crippen LogP contribution in [0.4, 0.5) is 0 Å². The lowest BCUT2D eigenvalue weighted by molar-refractivity contribution is -0.130. The predicted octanol–water partition coefficient (Wildman–Crippen LogP) is 3.14. The Bertz CT molecular complexity index is 685. The predicted molar refractivity (Wildman–Crippen MR) is 94.1 cm³/mol. The molecular formula is C19H21ClN2O2. The molecule has 1 aliphatic heterocycles. The molecule has 2 aromatic rings. The number of nitrogens with one attached hydrogen (secondary N) is 1. The lowest BCUT2D eigenvalue weighted by atomic mass is 9.73. The van der Waals surface area contributed by atoms with E-state index in [1.54, 1.807) is 6.20 Å². The van der Waals surface area contributed by atoms with E-state index >= 15 is 0 Å². The number of carbonyl (C=O) groups excluding carboxylic acids is 1. The summed E-state index contributed by atoms with van der Waals surface area (Å²) in [6.45, 7) is 1.76. The van der Waals surface area contributed by atoms with Gasteiger partial charge in [-0.3, -0.25) is 9.78 Å². The fourth-order valence-corrected chi connectivity index (χ4v) is 3.38. The van der Waals surface area contributed by atoms with E-state index in [0.717, 1.165) is 17.5 Å². The molecule has 126 valence electrons. The Kier molecular flexibility index (Phi) is 5.48. The zero-order valence-corrected chi connectivity index (χ0v) is 14.3. The average Bonchev–Trinajstić information content (AvgIpc) is 2.63. The van der Waals surface area contributed by atoms with Gasteiger partial charge in [0.05, 0.1) is 5.41 Å². The van der Waals surface area contributed by atoms with E-state index in [9.17, 15) is 4.79 Å². The highest BCUT2D eigenvalue weighted by Gasteiger charge is 2.41. The molecule has 24 heavy (non-hydrogen) atoms. The summed E-state index contributed by atoms with van der Waals surface area (Å²) >= 11 is 6.15. The van der Waals surface area contributed by atoms with Gasteiger partial charge in [0.2, 0.25) is 5.91 Å². The van der Waals surface area contributed by atoms with Gasteiger partial charge >= 0.3 is 0 Å². The van der Waals surface area contributed by atoms with Crippen LogP contribution in [-0.4, -0.2) is 30.6 Å². The lowest BCUT2D eigenvalue weighted by Crippen LogP contribution is -2.48. The van der Waals surface area contributed by atoms with Gasteiger partial charge in [0.25, 0.3) is 0 Å². The van der Waals surface area contributed by atoms with E-state index in [2.05, 4.69) is 10.3 Å². The largest absolute Gasteiger partial charge is 0.381 e. The van der Waals surface area contributed by atoms with Gasteiger partial charge in [-0.25, -0.2) is 0 Å². The van der Waals surface area contributed by atoms with E-state index in [0.29, 0.717) is 37.6 Å². The maximum atomic E-state index is 13.0. The Morgan fingerprint density at radius 2 is 2.08 bits per heavy atom. The lowest BCUT2D eigenvalue weighted by Gasteiger charge is -2.36. The molecule has 5 heteroatoms. The van der Waals surface area contributed by atoms with Crippen LogP contribution in [0, 0.1) is 0 Å². The highest BCUT2D eigenvalue weighted by atomic mass is 35.5. The first kappa shape index (κ1) is 16.9. The topological polar surface area (TPSA) is 51.2 Å². The zero-order valence-electron chi connectivity index (χ0n) is 13.5. The smallest absolute Gasteiger partial charge is 0.230 e. The summed E-state index contributed by atoms with van der Waals surface area (Å²) in [6, 6.07) is 11.5. The van der Waals surface area contributed by atoms with Gasteiger partial charge in [0.1, 0.15) is 0 Å². The van der Waals surface area contributed by atoms with Crippen molar-refractivity contribution in [1.29, 1.82) is 0 Å². The summed E-state index contributed by atoms with van der Waals surface area (Å²) in [5.74, 6) is 0.0527.